The van der Waals surface area contributed by atoms with Crippen LogP contribution in [0.25, 0.3) is 0 Å². The maximum atomic E-state index is 10.2. The quantitative estimate of drug-likeness (QED) is 0.652. The predicted octanol–water partition coefficient (Wildman–Crippen LogP) is 3.47. The maximum absolute atomic E-state index is 10.2. The van der Waals surface area contributed by atoms with Gasteiger partial charge in [-0.25, -0.2) is 4.79 Å². The highest BCUT2D eigenvalue weighted by atomic mass is 127. The molecule has 1 rings (SSSR count). The molecular weight excluding hydrogens is 328 g/mol. The Kier molecular flexibility index (Phi) is 5.17. The Bertz CT molecular complexity index is 346. The Balaban J connectivity index is 2.46. The smallest absolute Gasteiger partial charge is 0.404 e. The van der Waals surface area contributed by atoms with Crippen LogP contribution >= 0.6 is 34.2 Å². The van der Waals surface area contributed by atoms with Gasteiger partial charge in [0.25, 0.3) is 0 Å². The van der Waals surface area contributed by atoms with Crippen LogP contribution in [0.15, 0.2) is 24.3 Å². The summed E-state index contributed by atoms with van der Waals surface area (Å²) in [6, 6.07) is 7.61. The second kappa shape index (κ2) is 6.17. The van der Waals surface area contributed by atoms with E-state index in [1.165, 1.54) is 0 Å². The van der Waals surface area contributed by atoms with Crippen molar-refractivity contribution in [3.63, 3.8) is 0 Å². The Morgan fingerprint density at radius 1 is 1.60 bits per heavy atom. The summed E-state index contributed by atoms with van der Waals surface area (Å²) in [5.41, 5.74) is 1.12. The number of hydrogen-bond acceptors (Lipinski definition) is 1. The van der Waals surface area contributed by atoms with Crippen LogP contribution in [0.2, 0.25) is 5.02 Å². The Hall–Kier alpha value is -0.490. The molecule has 0 aliphatic heterocycles. The fourth-order valence-corrected chi connectivity index (χ4v) is 2.07. The fourth-order valence-electron chi connectivity index (χ4n) is 1.17. The first-order valence-corrected chi connectivity index (χ1v) is 6.08. The molecule has 0 saturated heterocycles. The summed E-state index contributed by atoms with van der Waals surface area (Å²) < 4.78 is 0.271. The van der Waals surface area contributed by atoms with Crippen molar-refractivity contribution in [3.05, 3.63) is 34.9 Å². The van der Waals surface area contributed by atoms with E-state index >= 15 is 0 Å². The second-order valence-corrected chi connectivity index (χ2v) is 4.98. The van der Waals surface area contributed by atoms with Crippen LogP contribution in [0.4, 0.5) is 4.79 Å². The van der Waals surface area contributed by atoms with Gasteiger partial charge in [0.1, 0.15) is 0 Å². The molecule has 0 fully saturated rings. The minimum atomic E-state index is -0.982. The number of benzene rings is 1. The van der Waals surface area contributed by atoms with E-state index in [-0.39, 0.29) is 3.92 Å². The molecule has 0 aliphatic rings. The molecule has 2 N–H and O–H groups in total. The van der Waals surface area contributed by atoms with Gasteiger partial charge < -0.3 is 10.4 Å². The van der Waals surface area contributed by atoms with E-state index in [9.17, 15) is 4.79 Å². The van der Waals surface area contributed by atoms with E-state index in [4.69, 9.17) is 16.7 Å². The first-order chi connectivity index (χ1) is 7.09. The number of amides is 1. The lowest BCUT2D eigenvalue weighted by molar-refractivity contribution is 0.194. The summed E-state index contributed by atoms with van der Waals surface area (Å²) in [5.74, 6) is 0. The van der Waals surface area contributed by atoms with Crippen LogP contribution in [0.5, 0.6) is 0 Å². The van der Waals surface area contributed by atoms with Gasteiger partial charge in [0.2, 0.25) is 0 Å². The Labute approximate surface area is 107 Å². The lowest BCUT2D eigenvalue weighted by atomic mass is 10.1. The van der Waals surface area contributed by atoms with Gasteiger partial charge in [0.05, 0.1) is 0 Å². The number of hydrogen-bond donors (Lipinski definition) is 2. The van der Waals surface area contributed by atoms with Crippen LogP contribution in [0.3, 0.4) is 0 Å². The zero-order valence-corrected chi connectivity index (χ0v) is 10.8. The molecule has 0 saturated carbocycles. The van der Waals surface area contributed by atoms with Gasteiger partial charge in [-0.1, -0.05) is 46.3 Å². The van der Waals surface area contributed by atoms with E-state index in [0.717, 1.165) is 12.0 Å². The van der Waals surface area contributed by atoms with E-state index in [1.807, 2.05) is 24.3 Å². The van der Waals surface area contributed by atoms with Crippen molar-refractivity contribution in [1.82, 2.24) is 5.32 Å². The summed E-state index contributed by atoms with van der Waals surface area (Å²) in [6.07, 6.45) is -0.225. The summed E-state index contributed by atoms with van der Waals surface area (Å²) in [7, 11) is 0. The highest BCUT2D eigenvalue weighted by molar-refractivity contribution is 14.1. The van der Waals surface area contributed by atoms with Crippen LogP contribution in [-0.2, 0) is 0 Å². The number of nitrogens with one attached hydrogen (secondary N) is 1. The molecule has 1 unspecified atom stereocenters. The molecule has 0 bridgehead atoms. The van der Waals surface area contributed by atoms with Crippen LogP contribution in [-0.4, -0.2) is 17.7 Å². The molecule has 1 amide bonds. The zero-order chi connectivity index (χ0) is 11.3. The normalized spacial score (nSPS) is 12.1. The summed E-state index contributed by atoms with van der Waals surface area (Å²) in [6.45, 7) is 0.454. The number of halogens is 2. The standard InChI is InChI=1S/C10H11ClINO2/c11-8-3-1-2-7(6-8)9(12)4-5-13-10(14)15/h1-3,6,9,13H,4-5H2,(H,14,15). The summed E-state index contributed by atoms with van der Waals surface area (Å²) in [4.78, 5) is 10.2. The largest absolute Gasteiger partial charge is 0.465 e. The molecule has 15 heavy (non-hydrogen) atoms. The molecule has 3 nitrogen and oxygen atoms in total. The molecule has 0 radical (unpaired) electrons. The van der Waals surface area contributed by atoms with Gasteiger partial charge in [0.15, 0.2) is 0 Å². The van der Waals surface area contributed by atoms with Gasteiger partial charge in [-0.05, 0) is 24.1 Å². The lowest BCUT2D eigenvalue weighted by Crippen LogP contribution is -2.22. The van der Waals surface area contributed by atoms with E-state index in [2.05, 4.69) is 27.9 Å². The number of carboxylic acid groups (broad SMARTS) is 1. The Morgan fingerprint density at radius 2 is 2.33 bits per heavy atom. The Morgan fingerprint density at radius 3 is 2.93 bits per heavy atom. The molecule has 82 valence electrons. The van der Waals surface area contributed by atoms with Gasteiger partial charge >= 0.3 is 6.09 Å². The van der Waals surface area contributed by atoms with Crippen LogP contribution < -0.4 is 5.32 Å². The minimum absolute atomic E-state index is 0.271. The average molecular weight is 340 g/mol. The van der Waals surface area contributed by atoms with Crippen LogP contribution in [0.1, 0.15) is 15.9 Å². The second-order valence-electron chi connectivity index (χ2n) is 3.04. The molecule has 0 aromatic heterocycles. The summed E-state index contributed by atoms with van der Waals surface area (Å²) >= 11 is 8.14. The molecule has 1 aromatic rings. The molecule has 0 heterocycles. The number of carbonyl (C=O) groups is 1. The minimum Gasteiger partial charge on any atom is -0.465 e. The first-order valence-electron chi connectivity index (χ1n) is 4.46. The van der Waals surface area contributed by atoms with Gasteiger partial charge in [0, 0.05) is 15.5 Å². The lowest BCUT2D eigenvalue weighted by Gasteiger charge is -2.10. The molecular formula is C10H11ClINO2. The first kappa shape index (κ1) is 12.6. The zero-order valence-electron chi connectivity index (χ0n) is 7.91. The van der Waals surface area contributed by atoms with Crippen molar-refractivity contribution in [2.45, 2.75) is 10.3 Å². The maximum Gasteiger partial charge on any atom is 0.404 e. The highest BCUT2D eigenvalue weighted by Gasteiger charge is 2.07. The molecule has 1 aromatic carbocycles. The number of alkyl halides is 1. The third-order valence-electron chi connectivity index (χ3n) is 1.88. The topological polar surface area (TPSA) is 49.3 Å². The third kappa shape index (κ3) is 4.70. The van der Waals surface area contributed by atoms with Crippen molar-refractivity contribution < 1.29 is 9.90 Å². The average Bonchev–Trinajstić information content (AvgIpc) is 2.17. The van der Waals surface area contributed by atoms with Crippen molar-refractivity contribution in [2.24, 2.45) is 0 Å². The monoisotopic (exact) mass is 339 g/mol. The number of rotatable bonds is 4. The van der Waals surface area contributed by atoms with Crippen molar-refractivity contribution in [3.8, 4) is 0 Å². The van der Waals surface area contributed by atoms with E-state index in [0.29, 0.717) is 11.6 Å². The van der Waals surface area contributed by atoms with Gasteiger partial charge in [-0.2, -0.15) is 0 Å². The molecule has 1 atom stereocenters. The summed E-state index contributed by atoms with van der Waals surface area (Å²) in [5, 5.41) is 11.5. The van der Waals surface area contributed by atoms with Gasteiger partial charge in [-0.3, -0.25) is 0 Å². The van der Waals surface area contributed by atoms with Crippen molar-refractivity contribution >= 4 is 40.3 Å². The van der Waals surface area contributed by atoms with E-state index < -0.39 is 6.09 Å². The van der Waals surface area contributed by atoms with E-state index in [1.54, 1.807) is 0 Å². The van der Waals surface area contributed by atoms with Gasteiger partial charge in [-0.15, -0.1) is 0 Å². The third-order valence-corrected chi connectivity index (χ3v) is 3.46. The fraction of sp³-hybridized carbons (Fsp3) is 0.300. The highest BCUT2D eigenvalue weighted by Crippen LogP contribution is 2.28. The van der Waals surface area contributed by atoms with Crippen molar-refractivity contribution in [2.75, 3.05) is 6.54 Å². The van der Waals surface area contributed by atoms with Crippen molar-refractivity contribution in [1.29, 1.82) is 0 Å². The SMILES string of the molecule is O=C(O)NCCC(I)c1cccc(Cl)c1. The molecule has 5 heteroatoms. The van der Waals surface area contributed by atoms with Crippen LogP contribution in [0, 0.1) is 0 Å². The predicted molar refractivity (Wildman–Crippen MR) is 68.9 cm³/mol. The molecule has 0 aliphatic carbocycles. The molecule has 0 spiro atoms.